The van der Waals surface area contributed by atoms with E-state index in [1.165, 1.54) is 11.2 Å². The fraction of sp³-hybridized carbons (Fsp3) is 0.261. The molecule has 2 aromatic carbocycles. The van der Waals surface area contributed by atoms with E-state index in [1.807, 2.05) is 55.5 Å². The number of H-pyrrole nitrogens is 1. The molecule has 0 saturated carbocycles. The molecule has 0 fully saturated rings. The van der Waals surface area contributed by atoms with Gasteiger partial charge in [-0.15, -0.1) is 0 Å². The molecule has 0 bridgehead atoms. The number of hydrogen-bond donors (Lipinski definition) is 1. The number of halogens is 2. The van der Waals surface area contributed by atoms with Crippen molar-refractivity contribution in [2.75, 3.05) is 6.54 Å². The predicted molar refractivity (Wildman–Crippen MR) is 117 cm³/mol. The van der Waals surface area contributed by atoms with Crippen LogP contribution >= 0.6 is 0 Å². The number of alkyl halides is 2. The number of sulfonamides is 1. The lowest BCUT2D eigenvalue weighted by atomic mass is 9.94. The molecular formula is C23H22F2N4O2S. The van der Waals surface area contributed by atoms with Gasteiger partial charge in [0.25, 0.3) is 0 Å². The first kappa shape index (κ1) is 20.8. The fourth-order valence-corrected chi connectivity index (χ4v) is 6.28. The Bertz CT molecular complexity index is 1410. The number of rotatable bonds is 4. The molecule has 0 saturated heterocycles. The van der Waals surface area contributed by atoms with Crippen molar-refractivity contribution in [1.82, 2.24) is 19.1 Å². The predicted octanol–water partition coefficient (Wildman–Crippen LogP) is 4.71. The monoisotopic (exact) mass is 456 g/mol. The molecule has 1 N–H and O–H groups in total. The van der Waals surface area contributed by atoms with Crippen LogP contribution in [0.25, 0.3) is 10.9 Å². The van der Waals surface area contributed by atoms with Crippen LogP contribution in [0.1, 0.15) is 40.7 Å². The number of nitrogens with zero attached hydrogens (tertiary/aromatic N) is 3. The van der Waals surface area contributed by atoms with Crippen molar-refractivity contribution >= 4 is 20.9 Å². The number of para-hydroxylation sites is 1. The summed E-state index contributed by atoms with van der Waals surface area (Å²) in [5.41, 5.74) is 4.62. The molecule has 0 amide bonds. The van der Waals surface area contributed by atoms with Gasteiger partial charge in [-0.05, 0) is 37.5 Å². The largest absolute Gasteiger partial charge is 0.357 e. The zero-order valence-electron chi connectivity index (χ0n) is 17.6. The Labute approximate surface area is 184 Å². The SMILES string of the molecule is Cc1ccc(C2c3[nH]c4ccccc4c3CCN2S(=O)(=O)c2cnn(C(F)F)c2C)cc1. The van der Waals surface area contributed by atoms with Crippen molar-refractivity contribution in [1.29, 1.82) is 0 Å². The molecule has 0 aliphatic carbocycles. The maximum Gasteiger partial charge on any atom is 0.333 e. The van der Waals surface area contributed by atoms with E-state index in [1.54, 1.807) is 0 Å². The highest BCUT2D eigenvalue weighted by Crippen LogP contribution is 2.41. The Morgan fingerprint density at radius 3 is 2.50 bits per heavy atom. The molecule has 4 aromatic rings. The summed E-state index contributed by atoms with van der Waals surface area (Å²) in [6.45, 7) is 0.643. The van der Waals surface area contributed by atoms with Crippen LogP contribution in [0, 0.1) is 13.8 Å². The summed E-state index contributed by atoms with van der Waals surface area (Å²) in [6.07, 6.45) is 1.53. The molecule has 1 aliphatic rings. The fourth-order valence-electron chi connectivity index (χ4n) is 4.54. The van der Waals surface area contributed by atoms with E-state index >= 15 is 0 Å². The third-order valence-corrected chi connectivity index (χ3v) is 8.12. The van der Waals surface area contributed by atoms with E-state index in [-0.39, 0.29) is 17.1 Å². The second-order valence-electron chi connectivity index (χ2n) is 8.06. The maximum absolute atomic E-state index is 13.7. The number of aryl methyl sites for hydroxylation is 1. The van der Waals surface area contributed by atoms with Gasteiger partial charge in [0.05, 0.1) is 17.9 Å². The normalized spacial score (nSPS) is 17.2. The molecular weight excluding hydrogens is 434 g/mol. The second-order valence-corrected chi connectivity index (χ2v) is 9.92. The van der Waals surface area contributed by atoms with E-state index in [0.717, 1.165) is 39.5 Å². The van der Waals surface area contributed by atoms with Crippen molar-refractivity contribution in [2.45, 2.75) is 37.8 Å². The van der Waals surface area contributed by atoms with Gasteiger partial charge in [0.15, 0.2) is 0 Å². The molecule has 3 heterocycles. The number of aromatic nitrogens is 3. The minimum atomic E-state index is -4.10. The van der Waals surface area contributed by atoms with Crippen molar-refractivity contribution in [3.8, 4) is 0 Å². The molecule has 9 heteroatoms. The standard InChI is InChI=1S/C23H22F2N4O2S/c1-14-7-9-16(10-8-14)22-21-18(17-5-3-4-6-19(17)27-21)11-12-28(22)32(30,31)20-13-26-29(15(20)2)23(24)25/h3-10,13,22-23,27H,11-12H2,1-2H3. The quantitative estimate of drug-likeness (QED) is 0.483. The molecule has 1 atom stereocenters. The molecule has 0 spiro atoms. The first-order valence-corrected chi connectivity index (χ1v) is 11.7. The molecule has 5 rings (SSSR count). The molecule has 0 radical (unpaired) electrons. The first-order chi connectivity index (χ1) is 15.3. The second kappa shape index (κ2) is 7.53. The number of fused-ring (bicyclic) bond motifs is 3. The summed E-state index contributed by atoms with van der Waals surface area (Å²) in [4.78, 5) is 3.22. The lowest BCUT2D eigenvalue weighted by molar-refractivity contribution is 0.0541. The van der Waals surface area contributed by atoms with Crippen LogP contribution in [0.5, 0.6) is 0 Å². The van der Waals surface area contributed by atoms with Gasteiger partial charge in [-0.25, -0.2) is 13.1 Å². The van der Waals surface area contributed by atoms with E-state index in [4.69, 9.17) is 0 Å². The Morgan fingerprint density at radius 1 is 1.09 bits per heavy atom. The first-order valence-electron chi connectivity index (χ1n) is 10.3. The molecule has 32 heavy (non-hydrogen) atoms. The van der Waals surface area contributed by atoms with Gasteiger partial charge in [-0.3, -0.25) is 0 Å². The van der Waals surface area contributed by atoms with Gasteiger partial charge >= 0.3 is 6.55 Å². The summed E-state index contributed by atoms with van der Waals surface area (Å²) in [6, 6.07) is 15.0. The minimum Gasteiger partial charge on any atom is -0.357 e. The average Bonchev–Trinajstić information content (AvgIpc) is 3.34. The van der Waals surface area contributed by atoms with Crippen molar-refractivity contribution in [3.63, 3.8) is 0 Å². The van der Waals surface area contributed by atoms with Gasteiger partial charge in [0.1, 0.15) is 4.90 Å². The highest BCUT2D eigenvalue weighted by atomic mass is 32.2. The minimum absolute atomic E-state index is 0.0786. The zero-order chi connectivity index (χ0) is 22.6. The summed E-state index contributed by atoms with van der Waals surface area (Å²) in [5.74, 6) is 0. The summed E-state index contributed by atoms with van der Waals surface area (Å²) >= 11 is 0. The van der Waals surface area contributed by atoms with Crippen LogP contribution in [0.3, 0.4) is 0 Å². The average molecular weight is 457 g/mol. The van der Waals surface area contributed by atoms with Crippen molar-refractivity contribution in [3.05, 3.63) is 82.8 Å². The highest BCUT2D eigenvalue weighted by Gasteiger charge is 2.40. The third-order valence-electron chi connectivity index (χ3n) is 6.15. The van der Waals surface area contributed by atoms with Crippen LogP contribution in [-0.2, 0) is 16.4 Å². The van der Waals surface area contributed by atoms with E-state index in [0.29, 0.717) is 11.1 Å². The number of benzene rings is 2. The van der Waals surface area contributed by atoms with Crippen molar-refractivity contribution in [2.24, 2.45) is 0 Å². The van der Waals surface area contributed by atoms with Crippen LogP contribution in [-0.4, -0.2) is 34.0 Å². The van der Waals surface area contributed by atoms with Gasteiger partial charge in [0, 0.05) is 23.1 Å². The van der Waals surface area contributed by atoms with Crippen molar-refractivity contribution < 1.29 is 17.2 Å². The summed E-state index contributed by atoms with van der Waals surface area (Å²) in [5, 5.41) is 4.69. The van der Waals surface area contributed by atoms with Crippen LogP contribution < -0.4 is 0 Å². The third kappa shape index (κ3) is 3.15. The summed E-state index contributed by atoms with van der Waals surface area (Å²) < 4.78 is 55.8. The number of hydrogen-bond acceptors (Lipinski definition) is 3. The number of nitrogens with one attached hydrogen (secondary N) is 1. The van der Waals surface area contributed by atoms with Gasteiger partial charge in [-0.2, -0.15) is 18.2 Å². The number of aromatic amines is 1. The summed E-state index contributed by atoms with van der Waals surface area (Å²) in [7, 11) is -4.10. The van der Waals surface area contributed by atoms with Crippen LogP contribution in [0.2, 0.25) is 0 Å². The van der Waals surface area contributed by atoms with Gasteiger partial charge in [0.2, 0.25) is 10.0 Å². The highest BCUT2D eigenvalue weighted by molar-refractivity contribution is 7.89. The Morgan fingerprint density at radius 2 is 1.81 bits per heavy atom. The van der Waals surface area contributed by atoms with E-state index in [2.05, 4.69) is 10.1 Å². The topological polar surface area (TPSA) is 71.0 Å². The maximum atomic E-state index is 13.7. The van der Waals surface area contributed by atoms with Crippen LogP contribution in [0.15, 0.2) is 59.6 Å². The van der Waals surface area contributed by atoms with E-state index < -0.39 is 22.6 Å². The molecule has 1 aliphatic heterocycles. The Kier molecular flexibility index (Phi) is 4.90. The molecule has 1 unspecified atom stereocenters. The lowest BCUT2D eigenvalue weighted by Crippen LogP contribution is -2.40. The lowest BCUT2D eigenvalue weighted by Gasteiger charge is -2.35. The smallest absolute Gasteiger partial charge is 0.333 e. The Hall–Kier alpha value is -3.04. The molecule has 6 nitrogen and oxygen atoms in total. The van der Waals surface area contributed by atoms with Gasteiger partial charge < -0.3 is 4.98 Å². The van der Waals surface area contributed by atoms with E-state index in [9.17, 15) is 17.2 Å². The molecule has 166 valence electrons. The van der Waals surface area contributed by atoms with Crippen LogP contribution in [0.4, 0.5) is 8.78 Å². The zero-order valence-corrected chi connectivity index (χ0v) is 18.4. The Balaban J connectivity index is 1.70. The molecule has 2 aromatic heterocycles. The van der Waals surface area contributed by atoms with Gasteiger partial charge in [-0.1, -0.05) is 48.0 Å².